The average Bonchev–Trinajstić information content (AvgIpc) is 2.65. The molecule has 4 nitrogen and oxygen atoms in total. The molecule has 0 saturated carbocycles. The van der Waals surface area contributed by atoms with Crippen LogP contribution in [0.15, 0.2) is 54.5 Å². The number of aromatic nitrogens is 2. The summed E-state index contributed by atoms with van der Waals surface area (Å²) in [7, 11) is 0. The number of ketones is 1. The van der Waals surface area contributed by atoms with E-state index >= 15 is 0 Å². The molecular formula is C20H17N3O. The summed E-state index contributed by atoms with van der Waals surface area (Å²) in [5, 5.41) is 9.51. The summed E-state index contributed by atoms with van der Waals surface area (Å²) >= 11 is 0. The molecule has 3 unspecified atom stereocenters. The van der Waals surface area contributed by atoms with Gasteiger partial charge in [-0.3, -0.25) is 4.79 Å². The number of carbonyl (C=O) groups excluding carboxylic acids is 1. The maximum atomic E-state index is 12.6. The summed E-state index contributed by atoms with van der Waals surface area (Å²) in [4.78, 5) is 21.3. The number of nitriles is 1. The van der Waals surface area contributed by atoms with Gasteiger partial charge in [0.05, 0.1) is 16.7 Å². The fourth-order valence-electron chi connectivity index (χ4n) is 4.41. The van der Waals surface area contributed by atoms with Crippen molar-refractivity contribution in [3.63, 3.8) is 0 Å². The Morgan fingerprint density at radius 3 is 2.83 bits per heavy atom. The van der Waals surface area contributed by atoms with Crippen LogP contribution in [0.25, 0.3) is 0 Å². The van der Waals surface area contributed by atoms with Crippen LogP contribution in [0.3, 0.4) is 0 Å². The molecule has 0 bridgehead atoms. The molecule has 1 aromatic carbocycles. The summed E-state index contributed by atoms with van der Waals surface area (Å²) in [6.07, 6.45) is 7.04. The molecule has 0 radical (unpaired) electrons. The molecule has 2 aromatic rings. The number of fused-ring (bicyclic) bond motifs is 3. The Bertz CT molecular complexity index is 881. The fraction of sp³-hybridized carbons (Fsp3) is 0.300. The lowest BCUT2D eigenvalue weighted by Crippen LogP contribution is -2.48. The third-order valence-corrected chi connectivity index (χ3v) is 5.52. The van der Waals surface area contributed by atoms with E-state index in [2.05, 4.69) is 28.2 Å². The molecule has 2 aliphatic rings. The van der Waals surface area contributed by atoms with Crippen LogP contribution in [0.4, 0.5) is 0 Å². The van der Waals surface area contributed by atoms with Gasteiger partial charge in [-0.05, 0) is 36.0 Å². The number of carbonyl (C=O) groups is 1. The lowest BCUT2D eigenvalue weighted by Gasteiger charge is -2.47. The van der Waals surface area contributed by atoms with Gasteiger partial charge in [-0.25, -0.2) is 9.97 Å². The number of hydrogen-bond acceptors (Lipinski definition) is 4. The van der Waals surface area contributed by atoms with Gasteiger partial charge in [-0.15, -0.1) is 0 Å². The van der Waals surface area contributed by atoms with E-state index in [0.717, 1.165) is 29.7 Å². The third-order valence-electron chi connectivity index (χ3n) is 5.52. The second-order valence-corrected chi connectivity index (χ2v) is 6.60. The lowest BCUT2D eigenvalue weighted by molar-refractivity contribution is -0.121. The smallest absolute Gasteiger partial charge is 0.176 e. The first kappa shape index (κ1) is 14.8. The van der Waals surface area contributed by atoms with E-state index < -0.39 is 5.41 Å². The molecule has 0 saturated heterocycles. The minimum absolute atomic E-state index is 0.0495. The Morgan fingerprint density at radius 1 is 1.29 bits per heavy atom. The van der Waals surface area contributed by atoms with Gasteiger partial charge < -0.3 is 0 Å². The van der Waals surface area contributed by atoms with E-state index in [1.165, 1.54) is 0 Å². The van der Waals surface area contributed by atoms with Gasteiger partial charge in [0, 0.05) is 12.1 Å². The quantitative estimate of drug-likeness (QED) is 0.811. The highest BCUT2D eigenvalue weighted by atomic mass is 16.1. The maximum absolute atomic E-state index is 12.6. The zero-order chi connectivity index (χ0) is 16.7. The van der Waals surface area contributed by atoms with Crippen molar-refractivity contribution in [2.24, 2.45) is 11.8 Å². The SMILES string of the molecule is CC1C(=O)C(C#N)=CC2(c3ccccc3)c3ncncc3CCC12. The molecule has 0 spiro atoms. The molecule has 4 heteroatoms. The average molecular weight is 315 g/mol. The summed E-state index contributed by atoms with van der Waals surface area (Å²) in [5.74, 6) is -0.147. The van der Waals surface area contributed by atoms with Crippen molar-refractivity contribution in [1.29, 1.82) is 5.26 Å². The number of nitrogens with zero attached hydrogens (tertiary/aromatic N) is 3. The highest BCUT2D eigenvalue weighted by Crippen LogP contribution is 2.52. The Labute approximate surface area is 140 Å². The second kappa shape index (κ2) is 5.38. The van der Waals surface area contributed by atoms with Gasteiger partial charge in [0.2, 0.25) is 0 Å². The molecule has 0 aliphatic heterocycles. The maximum Gasteiger partial charge on any atom is 0.176 e. The Balaban J connectivity index is 2.09. The first-order valence-electron chi connectivity index (χ1n) is 8.20. The molecule has 1 aromatic heterocycles. The molecule has 1 heterocycles. The highest BCUT2D eigenvalue weighted by molar-refractivity contribution is 6.02. The number of allylic oxidation sites excluding steroid dienone is 2. The summed E-state index contributed by atoms with van der Waals surface area (Å²) in [6.45, 7) is 1.95. The van der Waals surface area contributed by atoms with Crippen molar-refractivity contribution in [1.82, 2.24) is 9.97 Å². The normalized spacial score (nSPS) is 28.3. The lowest BCUT2D eigenvalue weighted by atomic mass is 9.54. The Hall–Kier alpha value is -2.80. The number of Topliss-reactive ketones (excluding diaryl/α,β-unsaturated/α-hetero) is 1. The Kier molecular flexibility index (Phi) is 3.31. The second-order valence-electron chi connectivity index (χ2n) is 6.60. The van der Waals surface area contributed by atoms with Crippen LogP contribution in [0, 0.1) is 23.2 Å². The molecule has 2 aliphatic carbocycles. The van der Waals surface area contributed by atoms with Gasteiger partial charge >= 0.3 is 0 Å². The van der Waals surface area contributed by atoms with Crippen LogP contribution >= 0.6 is 0 Å². The largest absolute Gasteiger partial charge is 0.293 e. The number of benzene rings is 1. The number of rotatable bonds is 1. The van der Waals surface area contributed by atoms with Gasteiger partial charge in [-0.1, -0.05) is 37.3 Å². The zero-order valence-corrected chi connectivity index (χ0v) is 13.4. The topological polar surface area (TPSA) is 66.6 Å². The summed E-state index contributed by atoms with van der Waals surface area (Å²) in [6, 6.07) is 12.2. The summed E-state index contributed by atoms with van der Waals surface area (Å²) in [5.41, 5.74) is 2.84. The van der Waals surface area contributed by atoms with Crippen molar-refractivity contribution in [2.75, 3.05) is 0 Å². The van der Waals surface area contributed by atoms with E-state index in [0.29, 0.717) is 0 Å². The van der Waals surface area contributed by atoms with E-state index in [-0.39, 0.29) is 23.2 Å². The molecule has 0 fully saturated rings. The van der Waals surface area contributed by atoms with Crippen LogP contribution in [0.1, 0.15) is 30.2 Å². The minimum atomic E-state index is -0.532. The van der Waals surface area contributed by atoms with E-state index in [1.807, 2.05) is 37.4 Å². The highest BCUT2D eigenvalue weighted by Gasteiger charge is 2.52. The van der Waals surface area contributed by atoms with Crippen molar-refractivity contribution in [3.05, 3.63) is 71.3 Å². The van der Waals surface area contributed by atoms with Crippen LogP contribution in [0.2, 0.25) is 0 Å². The van der Waals surface area contributed by atoms with Crippen LogP contribution in [-0.2, 0) is 16.6 Å². The van der Waals surface area contributed by atoms with Crippen LogP contribution < -0.4 is 0 Å². The van der Waals surface area contributed by atoms with Gasteiger partial charge in [0.15, 0.2) is 5.78 Å². The first-order valence-corrected chi connectivity index (χ1v) is 8.20. The molecular weight excluding hydrogens is 298 g/mol. The minimum Gasteiger partial charge on any atom is -0.293 e. The predicted molar refractivity (Wildman–Crippen MR) is 88.9 cm³/mol. The molecule has 0 amide bonds. The third kappa shape index (κ3) is 1.88. The number of hydrogen-bond donors (Lipinski definition) is 0. The van der Waals surface area contributed by atoms with Crippen molar-refractivity contribution < 1.29 is 4.79 Å². The van der Waals surface area contributed by atoms with Crippen molar-refractivity contribution >= 4 is 5.78 Å². The van der Waals surface area contributed by atoms with Gasteiger partial charge in [0.1, 0.15) is 12.4 Å². The molecule has 3 atom stereocenters. The predicted octanol–water partition coefficient (Wildman–Crippen LogP) is 2.99. The molecule has 118 valence electrons. The van der Waals surface area contributed by atoms with Gasteiger partial charge in [0.25, 0.3) is 0 Å². The molecule has 4 rings (SSSR count). The van der Waals surface area contributed by atoms with E-state index in [1.54, 1.807) is 6.33 Å². The molecule has 0 N–H and O–H groups in total. The Morgan fingerprint density at radius 2 is 2.08 bits per heavy atom. The van der Waals surface area contributed by atoms with Crippen molar-refractivity contribution in [2.45, 2.75) is 25.2 Å². The first-order chi connectivity index (χ1) is 11.7. The summed E-state index contributed by atoms with van der Waals surface area (Å²) < 4.78 is 0. The standard InChI is InChI=1S/C20H17N3O/c1-13-17-8-7-14-11-22-12-23-19(14)20(17,9-15(10-21)18(13)24)16-5-3-2-4-6-16/h2-6,9,11-13,17H,7-8H2,1H3. The molecule has 24 heavy (non-hydrogen) atoms. The fourth-order valence-corrected chi connectivity index (χ4v) is 4.41. The monoisotopic (exact) mass is 315 g/mol. The van der Waals surface area contributed by atoms with Gasteiger partial charge in [-0.2, -0.15) is 5.26 Å². The van der Waals surface area contributed by atoms with Crippen LogP contribution in [-0.4, -0.2) is 15.8 Å². The number of aryl methyl sites for hydroxylation is 1. The zero-order valence-electron chi connectivity index (χ0n) is 13.4. The van der Waals surface area contributed by atoms with Crippen LogP contribution in [0.5, 0.6) is 0 Å². The van der Waals surface area contributed by atoms with E-state index in [4.69, 9.17) is 0 Å². The van der Waals surface area contributed by atoms with Crippen molar-refractivity contribution in [3.8, 4) is 6.07 Å². The van der Waals surface area contributed by atoms with E-state index in [9.17, 15) is 10.1 Å².